The maximum absolute atomic E-state index is 13.0. The summed E-state index contributed by atoms with van der Waals surface area (Å²) in [7, 11) is 0. The third-order valence-electron chi connectivity index (χ3n) is 5.85. The summed E-state index contributed by atoms with van der Waals surface area (Å²) >= 11 is 0. The van der Waals surface area contributed by atoms with E-state index in [4.69, 9.17) is 4.52 Å². The molecule has 0 saturated carbocycles. The molecular weight excluding hydrogens is 342 g/mol. The van der Waals surface area contributed by atoms with Gasteiger partial charge in [-0.05, 0) is 32.3 Å². The van der Waals surface area contributed by atoms with Crippen LogP contribution in [0.4, 0.5) is 0 Å². The molecule has 1 aromatic heterocycles. The first-order valence-corrected chi connectivity index (χ1v) is 9.57. The van der Waals surface area contributed by atoms with E-state index in [1.807, 2.05) is 54.0 Å². The summed E-state index contributed by atoms with van der Waals surface area (Å²) in [5.41, 5.74) is 2.83. The van der Waals surface area contributed by atoms with Crippen molar-refractivity contribution in [3.8, 4) is 0 Å². The van der Waals surface area contributed by atoms with Crippen LogP contribution in [0.15, 0.2) is 34.9 Å². The maximum atomic E-state index is 13.0. The molecule has 0 aliphatic carbocycles. The largest absolute Gasteiger partial charge is 0.361 e. The van der Waals surface area contributed by atoms with Crippen molar-refractivity contribution in [1.82, 2.24) is 15.0 Å². The van der Waals surface area contributed by atoms with E-state index in [9.17, 15) is 9.59 Å². The number of rotatable bonds is 4. The maximum Gasteiger partial charge on any atom is 0.228 e. The van der Waals surface area contributed by atoms with Crippen LogP contribution in [0.25, 0.3) is 0 Å². The predicted molar refractivity (Wildman–Crippen MR) is 99.8 cm³/mol. The van der Waals surface area contributed by atoms with Crippen LogP contribution in [0.3, 0.4) is 0 Å². The Balaban J connectivity index is 1.51. The van der Waals surface area contributed by atoms with Gasteiger partial charge in [0.05, 0.1) is 24.6 Å². The molecule has 3 aliphatic rings. The molecule has 0 radical (unpaired) electrons. The number of hydrogen-bond acceptors (Lipinski definition) is 4. The van der Waals surface area contributed by atoms with E-state index >= 15 is 0 Å². The van der Waals surface area contributed by atoms with Crippen LogP contribution in [0, 0.1) is 19.8 Å². The normalized spacial score (nSPS) is 22.2. The Morgan fingerprint density at radius 2 is 1.96 bits per heavy atom. The quantitative estimate of drug-likeness (QED) is 0.833. The Morgan fingerprint density at radius 1 is 1.19 bits per heavy atom. The summed E-state index contributed by atoms with van der Waals surface area (Å²) in [6.45, 7) is 5.44. The van der Waals surface area contributed by atoms with Gasteiger partial charge in [0.25, 0.3) is 0 Å². The van der Waals surface area contributed by atoms with Crippen LogP contribution < -0.4 is 0 Å². The molecule has 0 unspecified atom stereocenters. The van der Waals surface area contributed by atoms with E-state index in [2.05, 4.69) is 5.16 Å². The van der Waals surface area contributed by atoms with Crippen molar-refractivity contribution < 1.29 is 14.1 Å². The van der Waals surface area contributed by atoms with Crippen molar-refractivity contribution in [3.63, 3.8) is 0 Å². The second-order valence-corrected chi connectivity index (χ2v) is 7.66. The van der Waals surface area contributed by atoms with Gasteiger partial charge in [-0.2, -0.15) is 0 Å². The zero-order valence-electron chi connectivity index (χ0n) is 15.9. The van der Waals surface area contributed by atoms with Crippen LogP contribution in [0.1, 0.15) is 35.4 Å². The lowest BCUT2D eigenvalue weighted by Gasteiger charge is -2.35. The fourth-order valence-electron chi connectivity index (χ4n) is 4.23. The van der Waals surface area contributed by atoms with Crippen molar-refractivity contribution in [2.24, 2.45) is 5.92 Å². The van der Waals surface area contributed by atoms with Gasteiger partial charge in [-0.1, -0.05) is 35.5 Å². The molecule has 142 valence electrons. The Morgan fingerprint density at radius 3 is 2.67 bits per heavy atom. The minimum absolute atomic E-state index is 0.0599. The highest BCUT2D eigenvalue weighted by Crippen LogP contribution is 2.31. The first kappa shape index (κ1) is 17.8. The average Bonchev–Trinajstić information content (AvgIpc) is 2.84. The Kier molecular flexibility index (Phi) is 4.72. The highest BCUT2D eigenvalue weighted by atomic mass is 16.5. The molecule has 27 heavy (non-hydrogen) atoms. The Labute approximate surface area is 159 Å². The van der Waals surface area contributed by atoms with Gasteiger partial charge in [0.1, 0.15) is 5.76 Å². The fraction of sp³-hybridized carbons (Fsp3) is 0.476. The minimum Gasteiger partial charge on any atom is -0.361 e. The van der Waals surface area contributed by atoms with E-state index in [-0.39, 0.29) is 23.8 Å². The zero-order chi connectivity index (χ0) is 19.0. The minimum atomic E-state index is -0.107. The van der Waals surface area contributed by atoms with Crippen LogP contribution in [0.5, 0.6) is 0 Å². The third kappa shape index (κ3) is 3.48. The highest BCUT2D eigenvalue weighted by Gasteiger charge is 2.42. The molecule has 2 amide bonds. The number of hydrogen-bond donors (Lipinski definition) is 0. The van der Waals surface area contributed by atoms with Gasteiger partial charge in [0, 0.05) is 24.7 Å². The van der Waals surface area contributed by atoms with E-state index in [1.54, 1.807) is 0 Å². The van der Waals surface area contributed by atoms with E-state index in [0.717, 1.165) is 35.4 Å². The van der Waals surface area contributed by atoms with Crippen LogP contribution >= 0.6 is 0 Å². The molecule has 3 fully saturated rings. The SMILES string of the molecule is Cc1noc(C)c1CN1C(=O)[C@H]2CC[C@@H]1CN(C(=O)Cc1ccccc1)C2. The van der Waals surface area contributed by atoms with Crippen molar-refractivity contribution in [1.29, 1.82) is 0 Å². The summed E-state index contributed by atoms with van der Waals surface area (Å²) < 4.78 is 5.26. The lowest BCUT2D eigenvalue weighted by molar-refractivity contribution is -0.140. The topological polar surface area (TPSA) is 66.7 Å². The summed E-state index contributed by atoms with van der Waals surface area (Å²) in [6.07, 6.45) is 2.18. The molecule has 3 aliphatic heterocycles. The third-order valence-corrected chi connectivity index (χ3v) is 5.85. The number of aryl methyl sites for hydroxylation is 2. The first-order valence-electron chi connectivity index (χ1n) is 9.57. The molecule has 5 rings (SSSR count). The number of nitrogens with zero attached hydrogens (tertiary/aromatic N) is 3. The number of fused-ring (bicyclic) bond motifs is 4. The van der Waals surface area contributed by atoms with Gasteiger partial charge < -0.3 is 14.3 Å². The fourth-order valence-corrected chi connectivity index (χ4v) is 4.23. The van der Waals surface area contributed by atoms with Crippen LogP contribution in [0.2, 0.25) is 0 Å². The molecule has 6 heteroatoms. The van der Waals surface area contributed by atoms with Gasteiger partial charge in [-0.15, -0.1) is 0 Å². The summed E-state index contributed by atoms with van der Waals surface area (Å²) in [5.74, 6) is 0.910. The van der Waals surface area contributed by atoms with Gasteiger partial charge in [-0.25, -0.2) is 0 Å². The second kappa shape index (κ2) is 7.18. The zero-order valence-corrected chi connectivity index (χ0v) is 15.9. The highest BCUT2D eigenvalue weighted by molar-refractivity contribution is 5.84. The predicted octanol–water partition coefficient (Wildman–Crippen LogP) is 2.48. The number of amides is 2. The van der Waals surface area contributed by atoms with Crippen molar-refractivity contribution in [2.75, 3.05) is 13.1 Å². The van der Waals surface area contributed by atoms with Gasteiger partial charge in [-0.3, -0.25) is 9.59 Å². The summed E-state index contributed by atoms with van der Waals surface area (Å²) in [4.78, 5) is 29.7. The molecular formula is C21H25N3O3. The average molecular weight is 367 g/mol. The van der Waals surface area contributed by atoms with Gasteiger partial charge >= 0.3 is 0 Å². The van der Waals surface area contributed by atoms with E-state index < -0.39 is 0 Å². The standard InChI is InChI=1S/C21H25N3O3/c1-14-19(15(2)27-22-14)13-24-18-9-8-17(21(24)26)11-23(12-18)20(25)10-16-6-4-3-5-7-16/h3-7,17-18H,8-13H2,1-2H3/t17-,18+/m0/s1. The van der Waals surface area contributed by atoms with Crippen molar-refractivity contribution in [3.05, 3.63) is 52.9 Å². The molecule has 0 spiro atoms. The Bertz CT molecular complexity index is 826. The number of carbonyl (C=O) groups is 2. The number of carbonyl (C=O) groups excluding carboxylic acids is 2. The number of piperidine rings is 1. The van der Waals surface area contributed by atoms with Gasteiger partial charge in [0.2, 0.25) is 11.8 Å². The molecule has 1 aromatic carbocycles. The van der Waals surface area contributed by atoms with Crippen LogP contribution in [-0.2, 0) is 22.6 Å². The second-order valence-electron chi connectivity index (χ2n) is 7.66. The van der Waals surface area contributed by atoms with Gasteiger partial charge in [0.15, 0.2) is 0 Å². The summed E-state index contributed by atoms with van der Waals surface area (Å²) in [5, 5.41) is 4.00. The lowest BCUT2D eigenvalue weighted by atomic mass is 9.93. The lowest BCUT2D eigenvalue weighted by Crippen LogP contribution is -2.47. The van der Waals surface area contributed by atoms with E-state index in [0.29, 0.717) is 26.1 Å². The monoisotopic (exact) mass is 367 g/mol. The number of aromatic nitrogens is 1. The first-order chi connectivity index (χ1) is 13.0. The molecule has 6 nitrogen and oxygen atoms in total. The summed E-state index contributed by atoms with van der Waals surface area (Å²) in [6, 6.07) is 9.85. The molecule has 0 N–H and O–H groups in total. The molecule has 2 aromatic rings. The molecule has 3 saturated heterocycles. The van der Waals surface area contributed by atoms with Crippen molar-refractivity contribution in [2.45, 2.75) is 45.7 Å². The number of benzene rings is 1. The smallest absolute Gasteiger partial charge is 0.228 e. The Hall–Kier alpha value is -2.63. The molecule has 4 heterocycles. The van der Waals surface area contributed by atoms with Crippen LogP contribution in [-0.4, -0.2) is 45.9 Å². The molecule has 2 bridgehead atoms. The molecule has 2 atom stereocenters. The van der Waals surface area contributed by atoms with Crippen molar-refractivity contribution >= 4 is 11.8 Å². The van der Waals surface area contributed by atoms with E-state index in [1.165, 1.54) is 0 Å².